The van der Waals surface area contributed by atoms with Gasteiger partial charge in [0.2, 0.25) is 0 Å². The Morgan fingerprint density at radius 3 is 2.75 bits per heavy atom. The summed E-state index contributed by atoms with van der Waals surface area (Å²) in [7, 11) is 1.50. The van der Waals surface area contributed by atoms with Crippen molar-refractivity contribution >= 4 is 33.3 Å². The number of rotatable bonds is 2. The van der Waals surface area contributed by atoms with Gasteiger partial charge in [-0.05, 0) is 30.2 Å². The molecule has 2 N–H and O–H groups in total. The molecule has 0 spiro atoms. The van der Waals surface area contributed by atoms with E-state index in [0.717, 1.165) is 10.0 Å². The number of nitrogens with one attached hydrogen (secondary N) is 1. The number of ketones is 1. The smallest absolute Gasteiger partial charge is 0.261 e. The van der Waals surface area contributed by atoms with Crippen molar-refractivity contribution in [3.05, 3.63) is 57.6 Å². The summed E-state index contributed by atoms with van der Waals surface area (Å²) in [5.74, 6) is -1.28. The highest BCUT2D eigenvalue weighted by molar-refractivity contribution is 9.10. The Kier molecular flexibility index (Phi) is 3.30. The summed E-state index contributed by atoms with van der Waals surface area (Å²) in [6.07, 6.45) is 0.268. The van der Waals surface area contributed by atoms with Crippen LogP contribution in [-0.4, -0.2) is 23.9 Å². The first-order valence-corrected chi connectivity index (χ1v) is 8.30. The molecule has 6 heteroatoms. The van der Waals surface area contributed by atoms with Crippen LogP contribution >= 0.6 is 15.9 Å². The molecule has 1 aliphatic carbocycles. The Bertz CT molecular complexity index is 895. The molecule has 2 aromatic carbocycles. The van der Waals surface area contributed by atoms with Gasteiger partial charge >= 0.3 is 0 Å². The van der Waals surface area contributed by atoms with Crippen molar-refractivity contribution in [2.24, 2.45) is 5.92 Å². The molecule has 1 heterocycles. The van der Waals surface area contributed by atoms with Crippen LogP contribution in [0, 0.1) is 5.92 Å². The second-order valence-electron chi connectivity index (χ2n) is 5.99. The molecule has 24 heavy (non-hydrogen) atoms. The lowest BCUT2D eigenvalue weighted by Crippen LogP contribution is -2.44. The van der Waals surface area contributed by atoms with Gasteiger partial charge in [-0.1, -0.05) is 34.1 Å². The molecule has 0 fully saturated rings. The minimum absolute atomic E-state index is 0.268. The summed E-state index contributed by atoms with van der Waals surface area (Å²) in [6.45, 7) is 0. The number of hydrogen-bond donors (Lipinski definition) is 2. The van der Waals surface area contributed by atoms with Crippen LogP contribution in [0.1, 0.15) is 21.5 Å². The number of aliphatic hydroxyl groups is 1. The predicted octanol–water partition coefficient (Wildman–Crippen LogP) is 2.65. The number of benzene rings is 2. The Morgan fingerprint density at radius 1 is 1.25 bits per heavy atom. The number of Topliss-reactive ketones (excluding diaryl/α,β-unsaturated/α-hetero) is 1. The molecule has 2 aromatic rings. The van der Waals surface area contributed by atoms with Gasteiger partial charge in [-0.3, -0.25) is 9.59 Å². The molecule has 2 aliphatic rings. The average Bonchev–Trinajstić information content (AvgIpc) is 3.06. The van der Waals surface area contributed by atoms with Gasteiger partial charge in [-0.25, -0.2) is 0 Å². The third-order valence-electron chi connectivity index (χ3n) is 4.84. The van der Waals surface area contributed by atoms with Crippen LogP contribution in [0.5, 0.6) is 5.75 Å². The molecule has 0 aromatic heterocycles. The number of methoxy groups -OCH3 is 1. The maximum Gasteiger partial charge on any atom is 0.261 e. The highest BCUT2D eigenvalue weighted by Crippen LogP contribution is 2.49. The van der Waals surface area contributed by atoms with Crippen LogP contribution in [0.25, 0.3) is 0 Å². The van der Waals surface area contributed by atoms with Crippen molar-refractivity contribution < 1.29 is 19.4 Å². The Morgan fingerprint density at radius 2 is 2.00 bits per heavy atom. The summed E-state index contributed by atoms with van der Waals surface area (Å²) >= 11 is 3.45. The maximum atomic E-state index is 13.0. The lowest BCUT2D eigenvalue weighted by molar-refractivity contribution is -0.137. The fraction of sp³-hybridized carbons (Fsp3) is 0.222. The van der Waals surface area contributed by atoms with Gasteiger partial charge in [0.25, 0.3) is 5.91 Å². The summed E-state index contributed by atoms with van der Waals surface area (Å²) in [6, 6.07) is 10.4. The molecular weight excluding hydrogens is 374 g/mol. The van der Waals surface area contributed by atoms with Crippen LogP contribution < -0.4 is 10.1 Å². The second-order valence-corrected chi connectivity index (χ2v) is 6.84. The van der Waals surface area contributed by atoms with Gasteiger partial charge in [-0.15, -0.1) is 0 Å². The van der Waals surface area contributed by atoms with Crippen molar-refractivity contribution in [1.29, 1.82) is 0 Å². The van der Waals surface area contributed by atoms with Crippen molar-refractivity contribution in [2.45, 2.75) is 12.0 Å². The van der Waals surface area contributed by atoms with Gasteiger partial charge in [0.1, 0.15) is 5.75 Å². The molecule has 0 saturated heterocycles. The lowest BCUT2D eigenvalue weighted by Gasteiger charge is -2.26. The predicted molar refractivity (Wildman–Crippen MR) is 91.2 cm³/mol. The number of amides is 1. The van der Waals surface area contributed by atoms with E-state index in [4.69, 9.17) is 4.74 Å². The zero-order valence-corrected chi connectivity index (χ0v) is 14.4. The number of anilines is 1. The number of halogens is 1. The fourth-order valence-corrected chi connectivity index (χ4v) is 4.15. The van der Waals surface area contributed by atoms with Crippen molar-refractivity contribution in [2.75, 3.05) is 12.4 Å². The molecule has 1 aliphatic heterocycles. The van der Waals surface area contributed by atoms with Crippen LogP contribution in [0.15, 0.2) is 40.9 Å². The molecular formula is C18H14BrNO4. The topological polar surface area (TPSA) is 75.6 Å². The molecule has 0 saturated carbocycles. The third kappa shape index (κ3) is 1.84. The number of hydrogen-bond acceptors (Lipinski definition) is 4. The number of para-hydroxylation sites is 1. The van der Waals surface area contributed by atoms with E-state index in [1.807, 2.05) is 0 Å². The molecule has 2 atom stereocenters. The zero-order valence-electron chi connectivity index (χ0n) is 12.8. The monoisotopic (exact) mass is 387 g/mol. The molecule has 0 bridgehead atoms. The summed E-state index contributed by atoms with van der Waals surface area (Å²) in [5.41, 5.74) is 0.297. The fourth-order valence-electron chi connectivity index (χ4n) is 3.66. The molecule has 5 nitrogen and oxygen atoms in total. The van der Waals surface area contributed by atoms with Gasteiger partial charge in [0, 0.05) is 15.7 Å². The minimum atomic E-state index is -1.88. The average molecular weight is 388 g/mol. The quantitative estimate of drug-likeness (QED) is 0.830. The number of fused-ring (bicyclic) bond motifs is 2. The van der Waals surface area contributed by atoms with Crippen molar-refractivity contribution in [3.8, 4) is 5.75 Å². The Balaban J connectivity index is 1.87. The summed E-state index contributed by atoms with van der Waals surface area (Å²) < 4.78 is 6.07. The van der Waals surface area contributed by atoms with Crippen LogP contribution in [0.3, 0.4) is 0 Å². The van der Waals surface area contributed by atoms with Gasteiger partial charge in [0.15, 0.2) is 11.4 Å². The Hall–Kier alpha value is -2.18. The first-order chi connectivity index (χ1) is 11.5. The zero-order chi connectivity index (χ0) is 17.1. The molecule has 0 unspecified atom stereocenters. The summed E-state index contributed by atoms with van der Waals surface area (Å²) in [4.78, 5) is 25.6. The highest BCUT2D eigenvalue weighted by atomic mass is 79.9. The molecule has 122 valence electrons. The Labute approximate surface area is 146 Å². The first-order valence-electron chi connectivity index (χ1n) is 7.51. The van der Waals surface area contributed by atoms with E-state index >= 15 is 0 Å². The number of carbonyl (C=O) groups is 2. The van der Waals surface area contributed by atoms with Gasteiger partial charge < -0.3 is 15.2 Å². The summed E-state index contributed by atoms with van der Waals surface area (Å²) in [5, 5.41) is 13.9. The standard InChI is InChI=1S/C18H14BrNO4/c1-24-14-7-6-12(19)9-8-11(16(21)15(9)14)18(23)10-4-2-3-5-13(10)20-17(18)22/h2-7,11,23H,8H2,1H3,(H,20,22)/t11-,18-/m0/s1. The van der Waals surface area contributed by atoms with Crippen LogP contribution in [0.4, 0.5) is 5.69 Å². The van der Waals surface area contributed by atoms with Gasteiger partial charge in [-0.2, -0.15) is 0 Å². The van der Waals surface area contributed by atoms with E-state index < -0.39 is 17.4 Å². The van der Waals surface area contributed by atoms with Crippen molar-refractivity contribution in [1.82, 2.24) is 0 Å². The van der Waals surface area contributed by atoms with E-state index in [0.29, 0.717) is 22.6 Å². The normalized spacial score (nSPS) is 24.5. The number of ether oxygens (including phenoxy) is 1. The third-order valence-corrected chi connectivity index (χ3v) is 5.59. The first kappa shape index (κ1) is 15.4. The lowest BCUT2D eigenvalue weighted by atomic mass is 9.80. The molecule has 0 radical (unpaired) electrons. The highest BCUT2D eigenvalue weighted by Gasteiger charge is 2.56. The SMILES string of the molecule is COc1ccc(Br)c2c1C(=O)[C@@H]([C@]1(O)C(=O)Nc3ccccc31)C2. The minimum Gasteiger partial charge on any atom is -0.496 e. The van der Waals surface area contributed by atoms with Crippen LogP contribution in [-0.2, 0) is 16.8 Å². The van der Waals surface area contributed by atoms with E-state index in [1.165, 1.54) is 7.11 Å². The maximum absolute atomic E-state index is 13.0. The van der Waals surface area contributed by atoms with E-state index in [-0.39, 0.29) is 12.2 Å². The van der Waals surface area contributed by atoms with Crippen molar-refractivity contribution in [3.63, 3.8) is 0 Å². The molecule has 1 amide bonds. The number of carbonyl (C=O) groups excluding carboxylic acids is 2. The van der Waals surface area contributed by atoms with Crippen LogP contribution in [0.2, 0.25) is 0 Å². The van der Waals surface area contributed by atoms with Gasteiger partial charge in [0.05, 0.1) is 18.6 Å². The van der Waals surface area contributed by atoms with E-state index in [2.05, 4.69) is 21.2 Å². The molecule has 4 rings (SSSR count). The second kappa shape index (κ2) is 5.16. The largest absolute Gasteiger partial charge is 0.496 e. The van der Waals surface area contributed by atoms with E-state index in [9.17, 15) is 14.7 Å². The van der Waals surface area contributed by atoms with E-state index in [1.54, 1.807) is 36.4 Å².